The van der Waals surface area contributed by atoms with Crippen molar-refractivity contribution in [1.82, 2.24) is 0 Å². The van der Waals surface area contributed by atoms with Crippen LogP contribution in [0.3, 0.4) is 0 Å². The molecule has 0 atom stereocenters. The SMILES string of the molecule is Nc1cc(Cl)ccc1-c1[c]c2ccccc2cc1S(=O)(=O)O. The summed E-state index contributed by atoms with van der Waals surface area (Å²) in [5.74, 6) is 0. The Morgan fingerprint density at radius 2 is 1.82 bits per heavy atom. The second-order valence-corrected chi connectivity index (χ2v) is 6.63. The zero-order valence-corrected chi connectivity index (χ0v) is 12.8. The molecular weight excluding hydrogens is 322 g/mol. The number of nitrogens with two attached hydrogens (primary N) is 1. The van der Waals surface area contributed by atoms with Gasteiger partial charge in [-0.1, -0.05) is 41.9 Å². The summed E-state index contributed by atoms with van der Waals surface area (Å²) in [7, 11) is -4.42. The van der Waals surface area contributed by atoms with E-state index >= 15 is 0 Å². The molecule has 3 aromatic carbocycles. The third kappa shape index (κ3) is 2.66. The van der Waals surface area contributed by atoms with Crippen molar-refractivity contribution in [1.29, 1.82) is 0 Å². The Morgan fingerprint density at radius 3 is 2.50 bits per heavy atom. The highest BCUT2D eigenvalue weighted by Crippen LogP contribution is 2.35. The van der Waals surface area contributed by atoms with Gasteiger partial charge in [-0.2, -0.15) is 8.42 Å². The van der Waals surface area contributed by atoms with Gasteiger partial charge in [0.25, 0.3) is 10.1 Å². The molecule has 0 amide bonds. The molecule has 0 spiro atoms. The summed E-state index contributed by atoms with van der Waals surface area (Å²) >= 11 is 5.87. The number of nitrogen functional groups attached to an aromatic ring is 1. The third-order valence-corrected chi connectivity index (χ3v) is 4.43. The molecule has 111 valence electrons. The van der Waals surface area contributed by atoms with E-state index in [2.05, 4.69) is 6.07 Å². The van der Waals surface area contributed by atoms with Gasteiger partial charge in [-0.05, 0) is 29.0 Å². The molecule has 3 N–H and O–H groups in total. The second-order valence-electron chi connectivity index (χ2n) is 4.80. The predicted octanol–water partition coefficient (Wildman–Crippen LogP) is 3.79. The predicted molar refractivity (Wildman–Crippen MR) is 87.5 cm³/mol. The lowest BCUT2D eigenvalue weighted by Gasteiger charge is -2.11. The van der Waals surface area contributed by atoms with E-state index < -0.39 is 10.1 Å². The molecule has 0 unspecified atom stereocenters. The molecule has 6 heteroatoms. The van der Waals surface area contributed by atoms with Crippen molar-refractivity contribution in [2.45, 2.75) is 4.90 Å². The van der Waals surface area contributed by atoms with E-state index in [0.29, 0.717) is 21.7 Å². The van der Waals surface area contributed by atoms with Crippen LogP contribution in [0.15, 0.2) is 53.4 Å². The fourth-order valence-electron chi connectivity index (χ4n) is 2.31. The molecule has 0 fully saturated rings. The van der Waals surface area contributed by atoms with E-state index in [0.717, 1.165) is 5.39 Å². The van der Waals surface area contributed by atoms with Gasteiger partial charge in [0.1, 0.15) is 4.90 Å². The Kier molecular flexibility index (Phi) is 3.56. The molecule has 22 heavy (non-hydrogen) atoms. The van der Waals surface area contributed by atoms with E-state index in [9.17, 15) is 13.0 Å². The highest BCUT2D eigenvalue weighted by atomic mass is 35.5. The van der Waals surface area contributed by atoms with Crippen LogP contribution >= 0.6 is 11.6 Å². The van der Waals surface area contributed by atoms with Crippen LogP contribution in [-0.2, 0) is 10.1 Å². The maximum absolute atomic E-state index is 11.7. The van der Waals surface area contributed by atoms with E-state index in [-0.39, 0.29) is 10.5 Å². The van der Waals surface area contributed by atoms with Gasteiger partial charge >= 0.3 is 0 Å². The van der Waals surface area contributed by atoms with Crippen LogP contribution < -0.4 is 5.73 Å². The first kappa shape index (κ1) is 14.8. The van der Waals surface area contributed by atoms with Gasteiger partial charge in [-0.15, -0.1) is 0 Å². The van der Waals surface area contributed by atoms with Crippen LogP contribution in [0.2, 0.25) is 5.02 Å². The minimum atomic E-state index is -4.42. The lowest BCUT2D eigenvalue weighted by Crippen LogP contribution is -2.02. The second kappa shape index (κ2) is 5.28. The maximum atomic E-state index is 11.7. The first-order valence-corrected chi connectivity index (χ1v) is 8.16. The average Bonchev–Trinajstić information content (AvgIpc) is 2.45. The van der Waals surface area contributed by atoms with E-state index in [1.165, 1.54) is 12.1 Å². The first-order valence-electron chi connectivity index (χ1n) is 6.34. The Balaban J connectivity index is 2.40. The summed E-state index contributed by atoms with van der Waals surface area (Å²) in [6.45, 7) is 0. The smallest absolute Gasteiger partial charge is 0.295 e. The van der Waals surface area contributed by atoms with E-state index in [1.54, 1.807) is 30.3 Å². The van der Waals surface area contributed by atoms with Crippen molar-refractivity contribution in [3.05, 3.63) is 59.6 Å². The van der Waals surface area contributed by atoms with Gasteiger partial charge in [0.15, 0.2) is 0 Å². The van der Waals surface area contributed by atoms with E-state index in [1.807, 2.05) is 6.07 Å². The molecule has 3 rings (SSSR count). The monoisotopic (exact) mass is 332 g/mol. The molecule has 0 heterocycles. The molecule has 0 saturated carbocycles. The number of fused-ring (bicyclic) bond motifs is 1. The number of hydrogen-bond acceptors (Lipinski definition) is 3. The minimum absolute atomic E-state index is 0.218. The quantitative estimate of drug-likeness (QED) is 0.552. The van der Waals surface area contributed by atoms with Gasteiger partial charge < -0.3 is 5.73 Å². The van der Waals surface area contributed by atoms with Crippen LogP contribution in [0.1, 0.15) is 0 Å². The van der Waals surface area contributed by atoms with Crippen molar-refractivity contribution in [3.63, 3.8) is 0 Å². The third-order valence-electron chi connectivity index (χ3n) is 3.31. The fourth-order valence-corrected chi connectivity index (χ4v) is 3.19. The Bertz CT molecular complexity index is 984. The van der Waals surface area contributed by atoms with Crippen molar-refractivity contribution in [3.8, 4) is 11.1 Å². The van der Waals surface area contributed by atoms with E-state index in [4.69, 9.17) is 17.3 Å². The number of halogens is 1. The Labute approximate surface area is 132 Å². The van der Waals surface area contributed by atoms with Crippen molar-refractivity contribution in [2.75, 3.05) is 5.73 Å². The molecule has 1 radical (unpaired) electrons. The summed E-state index contributed by atoms with van der Waals surface area (Å²) in [6.07, 6.45) is 0. The van der Waals surface area contributed by atoms with Crippen molar-refractivity contribution < 1.29 is 13.0 Å². The highest BCUT2D eigenvalue weighted by Gasteiger charge is 2.19. The largest absolute Gasteiger partial charge is 0.398 e. The average molecular weight is 333 g/mol. The van der Waals surface area contributed by atoms with Crippen LogP contribution in [0.5, 0.6) is 0 Å². The number of benzene rings is 3. The molecule has 0 aliphatic rings. The molecule has 0 bridgehead atoms. The molecule has 3 aromatic rings. The Morgan fingerprint density at radius 1 is 1.09 bits per heavy atom. The lowest BCUT2D eigenvalue weighted by atomic mass is 10.00. The molecular formula is C16H11ClNO3S. The van der Waals surface area contributed by atoms with Gasteiger partial charge in [-0.25, -0.2) is 0 Å². The Hall–Kier alpha value is -2.08. The standard InChI is InChI=1S/C16H11ClNO3S/c17-12-5-6-13(15(18)9-12)14-7-10-3-1-2-4-11(10)8-16(14)22(19,20)21/h1-6,8-9H,18H2,(H,19,20,21). The summed E-state index contributed by atoms with van der Waals surface area (Å²) in [4.78, 5) is -0.236. The molecule has 0 saturated heterocycles. The van der Waals surface area contributed by atoms with Crippen LogP contribution in [0.4, 0.5) is 5.69 Å². The zero-order valence-electron chi connectivity index (χ0n) is 11.2. The molecule has 0 aromatic heterocycles. The van der Waals surface area contributed by atoms with Crippen LogP contribution in [0, 0.1) is 6.07 Å². The summed E-state index contributed by atoms with van der Waals surface area (Å²) in [5.41, 5.74) is 6.90. The first-order chi connectivity index (χ1) is 10.4. The highest BCUT2D eigenvalue weighted by molar-refractivity contribution is 7.86. The van der Waals surface area contributed by atoms with Gasteiger partial charge in [0, 0.05) is 27.9 Å². The number of anilines is 1. The number of hydrogen-bond donors (Lipinski definition) is 2. The van der Waals surface area contributed by atoms with Crippen molar-refractivity contribution in [2.24, 2.45) is 0 Å². The van der Waals surface area contributed by atoms with Crippen molar-refractivity contribution >= 4 is 38.2 Å². The molecule has 4 nitrogen and oxygen atoms in total. The molecule has 0 aliphatic carbocycles. The molecule has 0 aliphatic heterocycles. The topological polar surface area (TPSA) is 80.4 Å². The van der Waals surface area contributed by atoms with Crippen LogP contribution in [0.25, 0.3) is 21.9 Å². The fraction of sp³-hybridized carbons (Fsp3) is 0. The van der Waals surface area contributed by atoms with Gasteiger partial charge in [0.05, 0.1) is 0 Å². The minimum Gasteiger partial charge on any atom is -0.398 e. The summed E-state index contributed by atoms with van der Waals surface area (Å²) in [6, 6.07) is 16.3. The van der Waals surface area contributed by atoms with Gasteiger partial charge in [-0.3, -0.25) is 4.55 Å². The lowest BCUT2D eigenvalue weighted by molar-refractivity contribution is 0.483. The van der Waals surface area contributed by atoms with Crippen LogP contribution in [-0.4, -0.2) is 13.0 Å². The maximum Gasteiger partial charge on any atom is 0.295 e. The zero-order chi connectivity index (χ0) is 15.9. The number of rotatable bonds is 2. The summed E-state index contributed by atoms with van der Waals surface area (Å²) in [5, 5.41) is 1.82. The summed E-state index contributed by atoms with van der Waals surface area (Å²) < 4.78 is 33.0. The normalized spacial score (nSPS) is 11.7. The van der Waals surface area contributed by atoms with Gasteiger partial charge in [0.2, 0.25) is 0 Å².